The van der Waals surface area contributed by atoms with E-state index in [-0.39, 0.29) is 0 Å². The molecule has 3 heteroatoms. The third-order valence-corrected chi connectivity index (χ3v) is 8.11. The molecule has 0 amide bonds. The summed E-state index contributed by atoms with van der Waals surface area (Å²) in [5.41, 5.74) is 9.18. The van der Waals surface area contributed by atoms with E-state index in [9.17, 15) is 0 Å². The van der Waals surface area contributed by atoms with Gasteiger partial charge in [-0.15, -0.1) is 0 Å². The molecule has 3 aromatic heterocycles. The van der Waals surface area contributed by atoms with Crippen molar-refractivity contribution in [2.24, 2.45) is 0 Å². The van der Waals surface area contributed by atoms with Gasteiger partial charge in [0, 0.05) is 38.7 Å². The summed E-state index contributed by atoms with van der Waals surface area (Å²) >= 11 is 0. The Balaban J connectivity index is 1.38. The summed E-state index contributed by atoms with van der Waals surface area (Å²) in [6, 6.07) is 42.4. The van der Waals surface area contributed by atoms with Gasteiger partial charge in [-0.25, -0.2) is 0 Å². The highest BCUT2D eigenvalue weighted by molar-refractivity contribution is 6.21. The Bertz CT molecular complexity index is 2220. The van der Waals surface area contributed by atoms with E-state index in [1.165, 1.54) is 16.3 Å². The van der Waals surface area contributed by atoms with Gasteiger partial charge in [0.2, 0.25) is 0 Å². The Labute approximate surface area is 228 Å². The molecule has 0 N–H and O–H groups in total. The van der Waals surface area contributed by atoms with Crippen molar-refractivity contribution >= 4 is 65.6 Å². The predicted octanol–water partition coefficient (Wildman–Crippen LogP) is 10.5. The Morgan fingerprint density at radius 3 is 1.48 bits per heavy atom. The first-order chi connectivity index (χ1) is 19.8. The minimum Gasteiger partial charge on any atom is -0.456 e. The van der Waals surface area contributed by atoms with Gasteiger partial charge >= 0.3 is 0 Å². The van der Waals surface area contributed by atoms with Crippen molar-refractivity contribution in [3.05, 3.63) is 128 Å². The van der Waals surface area contributed by atoms with Crippen LogP contribution in [-0.4, -0.2) is 4.98 Å². The zero-order valence-electron chi connectivity index (χ0n) is 21.4. The van der Waals surface area contributed by atoms with Gasteiger partial charge in [0.15, 0.2) is 0 Å². The van der Waals surface area contributed by atoms with Crippen LogP contribution in [-0.2, 0) is 0 Å². The number of fused-ring (bicyclic) bond motifs is 8. The first-order valence-electron chi connectivity index (χ1n) is 13.5. The van der Waals surface area contributed by atoms with Gasteiger partial charge in [0.1, 0.15) is 22.3 Å². The van der Waals surface area contributed by atoms with Crippen LogP contribution in [0.25, 0.3) is 87.8 Å². The van der Waals surface area contributed by atoms with Crippen LogP contribution in [0.4, 0.5) is 0 Å². The maximum Gasteiger partial charge on any atom is 0.135 e. The molecule has 0 spiro atoms. The van der Waals surface area contributed by atoms with Crippen molar-refractivity contribution in [2.75, 3.05) is 0 Å². The third kappa shape index (κ3) is 2.97. The van der Waals surface area contributed by atoms with Crippen molar-refractivity contribution in [3.8, 4) is 22.3 Å². The molecule has 0 radical (unpaired) electrons. The fourth-order valence-electron chi connectivity index (χ4n) is 6.36. The molecule has 40 heavy (non-hydrogen) atoms. The summed E-state index contributed by atoms with van der Waals surface area (Å²) in [4.78, 5) is 4.98. The standard InChI is InChI=1S/C37H21NO2/c1-2-11-27-26(10-1)35(22-15-17-33-29(20-22)24-8-3-5-13-31(24)39-33)28-12-7-19-38-37(28)36(27)23-16-18-34-30(21-23)25-9-4-6-14-32(25)40-34/h1-21H. The largest absolute Gasteiger partial charge is 0.456 e. The average molecular weight is 512 g/mol. The molecule has 0 aliphatic carbocycles. The smallest absolute Gasteiger partial charge is 0.135 e. The molecule has 0 aliphatic heterocycles. The van der Waals surface area contributed by atoms with Gasteiger partial charge in [-0.1, -0.05) is 78.9 Å². The Morgan fingerprint density at radius 1 is 0.375 bits per heavy atom. The summed E-state index contributed by atoms with van der Waals surface area (Å²) in [5.74, 6) is 0. The molecule has 9 aromatic rings. The molecular formula is C37H21NO2. The SMILES string of the molecule is c1ccc2c(c1)oc1ccc(-c3c4ccccc4c(-c4ccc5oc6ccccc6c5c4)c4ncccc34)cc12. The van der Waals surface area contributed by atoms with Crippen LogP contribution in [0.1, 0.15) is 0 Å². The predicted molar refractivity (Wildman–Crippen MR) is 165 cm³/mol. The molecule has 3 heterocycles. The summed E-state index contributed by atoms with van der Waals surface area (Å²) in [6.07, 6.45) is 1.89. The highest BCUT2D eigenvalue weighted by atomic mass is 16.3. The number of benzene rings is 6. The molecule has 186 valence electrons. The minimum absolute atomic E-state index is 0.892. The zero-order chi connectivity index (χ0) is 26.2. The molecule has 0 aliphatic rings. The van der Waals surface area contributed by atoms with Gasteiger partial charge < -0.3 is 8.83 Å². The minimum atomic E-state index is 0.892. The molecule has 0 saturated carbocycles. The normalized spacial score (nSPS) is 12.0. The molecular weight excluding hydrogens is 490 g/mol. The Hall–Kier alpha value is -5.41. The van der Waals surface area contributed by atoms with E-state index < -0.39 is 0 Å². The topological polar surface area (TPSA) is 39.2 Å². The number of rotatable bonds is 2. The van der Waals surface area contributed by atoms with Crippen molar-refractivity contribution in [1.29, 1.82) is 0 Å². The van der Waals surface area contributed by atoms with Crippen LogP contribution in [0, 0.1) is 0 Å². The summed E-state index contributed by atoms with van der Waals surface area (Å²) < 4.78 is 12.3. The van der Waals surface area contributed by atoms with E-state index in [1.807, 2.05) is 36.5 Å². The molecule has 0 fully saturated rings. The number of furan rings is 2. The van der Waals surface area contributed by atoms with Crippen LogP contribution in [0.2, 0.25) is 0 Å². The second kappa shape index (κ2) is 8.05. The third-order valence-electron chi connectivity index (χ3n) is 8.11. The number of nitrogens with zero attached hydrogens (tertiary/aromatic N) is 1. The van der Waals surface area contributed by atoms with Crippen LogP contribution >= 0.6 is 0 Å². The van der Waals surface area contributed by atoms with E-state index in [0.29, 0.717) is 0 Å². The van der Waals surface area contributed by atoms with Crippen molar-refractivity contribution in [2.45, 2.75) is 0 Å². The maximum atomic E-state index is 6.13. The second-order valence-electron chi connectivity index (χ2n) is 10.3. The van der Waals surface area contributed by atoms with Crippen LogP contribution in [0.15, 0.2) is 136 Å². The Morgan fingerprint density at radius 2 is 0.850 bits per heavy atom. The monoisotopic (exact) mass is 511 g/mol. The van der Waals surface area contributed by atoms with E-state index >= 15 is 0 Å². The highest BCUT2D eigenvalue weighted by Crippen LogP contribution is 2.45. The quantitative estimate of drug-likeness (QED) is 0.217. The molecule has 0 saturated heterocycles. The van der Waals surface area contributed by atoms with Crippen molar-refractivity contribution < 1.29 is 8.83 Å². The number of pyridine rings is 1. The van der Waals surface area contributed by atoms with Crippen LogP contribution in [0.3, 0.4) is 0 Å². The number of hydrogen-bond acceptors (Lipinski definition) is 3. The Kier molecular flexibility index (Phi) is 4.33. The van der Waals surface area contributed by atoms with E-state index in [4.69, 9.17) is 13.8 Å². The van der Waals surface area contributed by atoms with E-state index in [2.05, 4.69) is 91.0 Å². The lowest BCUT2D eigenvalue weighted by atomic mass is 9.87. The number of para-hydroxylation sites is 2. The summed E-state index contributed by atoms with van der Waals surface area (Å²) in [5, 5.41) is 7.98. The van der Waals surface area contributed by atoms with Crippen molar-refractivity contribution in [3.63, 3.8) is 0 Å². The molecule has 0 atom stereocenters. The van der Waals surface area contributed by atoms with Gasteiger partial charge in [-0.05, 0) is 69.9 Å². The molecule has 9 rings (SSSR count). The maximum absolute atomic E-state index is 6.13. The van der Waals surface area contributed by atoms with Gasteiger partial charge in [0.05, 0.1) is 5.52 Å². The molecule has 0 bridgehead atoms. The zero-order valence-corrected chi connectivity index (χ0v) is 21.4. The molecule has 3 nitrogen and oxygen atoms in total. The van der Waals surface area contributed by atoms with E-state index in [0.717, 1.165) is 71.5 Å². The van der Waals surface area contributed by atoms with Gasteiger partial charge in [-0.2, -0.15) is 0 Å². The fourth-order valence-corrected chi connectivity index (χ4v) is 6.36. The fraction of sp³-hybridized carbons (Fsp3) is 0. The summed E-state index contributed by atoms with van der Waals surface area (Å²) in [6.45, 7) is 0. The first kappa shape index (κ1) is 21.5. The lowest BCUT2D eigenvalue weighted by molar-refractivity contribution is 0.668. The van der Waals surface area contributed by atoms with Gasteiger partial charge in [0.25, 0.3) is 0 Å². The average Bonchev–Trinajstić information content (AvgIpc) is 3.57. The summed E-state index contributed by atoms with van der Waals surface area (Å²) in [7, 11) is 0. The number of hydrogen-bond donors (Lipinski definition) is 0. The van der Waals surface area contributed by atoms with Crippen molar-refractivity contribution in [1.82, 2.24) is 4.98 Å². The van der Waals surface area contributed by atoms with E-state index in [1.54, 1.807) is 0 Å². The van der Waals surface area contributed by atoms with Crippen LogP contribution in [0.5, 0.6) is 0 Å². The molecule has 6 aromatic carbocycles. The lowest BCUT2D eigenvalue weighted by Gasteiger charge is -2.17. The lowest BCUT2D eigenvalue weighted by Crippen LogP contribution is -1.92. The highest BCUT2D eigenvalue weighted by Gasteiger charge is 2.19. The van der Waals surface area contributed by atoms with Crippen LogP contribution < -0.4 is 0 Å². The second-order valence-corrected chi connectivity index (χ2v) is 10.3. The van der Waals surface area contributed by atoms with Gasteiger partial charge in [-0.3, -0.25) is 4.98 Å². The molecule has 0 unspecified atom stereocenters. The number of aromatic nitrogens is 1. The first-order valence-corrected chi connectivity index (χ1v) is 13.5.